The largest absolute Gasteiger partial charge is 0.543 e. The van der Waals surface area contributed by atoms with Gasteiger partial charge in [0.15, 0.2) is 11.6 Å². The lowest BCUT2D eigenvalue weighted by atomic mass is 10.00. The molecule has 3 aromatic rings. The molecule has 1 heterocycles. The first-order valence-electron chi connectivity index (χ1n) is 13.4. The van der Waals surface area contributed by atoms with E-state index in [-0.39, 0.29) is 10.1 Å². The number of rotatable bonds is 8. The number of fused-ring (bicyclic) bond motifs is 1. The maximum absolute atomic E-state index is 14.9. The van der Waals surface area contributed by atoms with Crippen molar-refractivity contribution in [3.05, 3.63) is 77.6 Å². The fourth-order valence-electron chi connectivity index (χ4n) is 5.78. The summed E-state index contributed by atoms with van der Waals surface area (Å²) in [4.78, 5) is 11.6. The minimum absolute atomic E-state index is 0.266. The summed E-state index contributed by atoms with van der Waals surface area (Å²) in [7, 11) is -2.10. The molecule has 208 valence electrons. The number of ether oxygens (including phenoxy) is 2. The summed E-state index contributed by atoms with van der Waals surface area (Å²) in [6, 6.07) is 18.1. The Labute approximate surface area is 235 Å². The Morgan fingerprint density at radius 3 is 1.95 bits per heavy atom. The lowest BCUT2D eigenvalue weighted by Crippen LogP contribution is -2.50. The Morgan fingerprint density at radius 2 is 1.41 bits per heavy atom. The number of benzene rings is 3. The molecule has 0 radical (unpaired) electrons. The van der Waals surface area contributed by atoms with Gasteiger partial charge >= 0.3 is 5.97 Å². The van der Waals surface area contributed by atoms with Crippen LogP contribution in [0.5, 0.6) is 23.0 Å². The number of phenolic OH excluding ortho intramolecular Hbond substituents is 1. The Balaban J connectivity index is 1.69. The molecule has 4 rings (SSSR count). The third-order valence-corrected chi connectivity index (χ3v) is 14.9. The van der Waals surface area contributed by atoms with Crippen LogP contribution in [-0.2, 0) is 4.79 Å². The summed E-state index contributed by atoms with van der Waals surface area (Å²) in [5.74, 6) is 0.163. The number of phenols is 1. The number of halogens is 1. The van der Waals surface area contributed by atoms with Crippen LogP contribution in [0.3, 0.4) is 0 Å². The van der Waals surface area contributed by atoms with Gasteiger partial charge in [-0.25, -0.2) is 4.39 Å². The second-order valence-corrected chi connectivity index (χ2v) is 17.5. The molecule has 8 heteroatoms. The number of hydrogen-bond donors (Lipinski definition) is 1. The SMILES string of the molecule is CC(=O)Oc1ccc(C2Sc3c(ccc(O)c3F)OC2c2ccc(O[Si](C(C)C)(C(C)C)C(C)C)cc2)cc1. The molecule has 0 fully saturated rings. The van der Waals surface area contributed by atoms with E-state index in [9.17, 15) is 14.3 Å². The molecular weight excluding hydrogens is 531 g/mol. The third-order valence-electron chi connectivity index (χ3n) is 7.49. The smallest absolute Gasteiger partial charge is 0.308 e. The Bertz CT molecular complexity index is 1290. The highest BCUT2D eigenvalue weighted by atomic mass is 32.2. The minimum atomic E-state index is -2.10. The van der Waals surface area contributed by atoms with Gasteiger partial charge in [-0.3, -0.25) is 4.79 Å². The first-order valence-corrected chi connectivity index (χ1v) is 16.4. The zero-order valence-electron chi connectivity index (χ0n) is 23.5. The maximum Gasteiger partial charge on any atom is 0.308 e. The van der Waals surface area contributed by atoms with E-state index < -0.39 is 32.0 Å². The Kier molecular flexibility index (Phi) is 8.66. The second-order valence-electron chi connectivity index (χ2n) is 11.0. The molecule has 0 saturated carbocycles. The fourth-order valence-corrected chi connectivity index (χ4v) is 12.4. The van der Waals surface area contributed by atoms with Crippen LogP contribution >= 0.6 is 11.8 Å². The van der Waals surface area contributed by atoms with Gasteiger partial charge in [0.2, 0.25) is 0 Å². The zero-order valence-corrected chi connectivity index (χ0v) is 25.3. The summed E-state index contributed by atoms with van der Waals surface area (Å²) < 4.78 is 33.3. The van der Waals surface area contributed by atoms with Crippen molar-refractivity contribution in [1.29, 1.82) is 0 Å². The third kappa shape index (κ3) is 5.82. The molecular formula is C31H37FO5SSi. The number of carbonyl (C=O) groups excluding carboxylic acids is 1. The van der Waals surface area contributed by atoms with Crippen LogP contribution in [0.2, 0.25) is 16.6 Å². The molecule has 0 saturated heterocycles. The van der Waals surface area contributed by atoms with E-state index in [0.717, 1.165) is 16.9 Å². The molecule has 39 heavy (non-hydrogen) atoms. The monoisotopic (exact) mass is 568 g/mol. The molecule has 1 N–H and O–H groups in total. The first kappa shape index (κ1) is 29.0. The van der Waals surface area contributed by atoms with E-state index >= 15 is 0 Å². The van der Waals surface area contributed by atoms with E-state index in [1.54, 1.807) is 18.2 Å². The van der Waals surface area contributed by atoms with Crippen molar-refractivity contribution in [1.82, 2.24) is 0 Å². The molecule has 0 aromatic heterocycles. The van der Waals surface area contributed by atoms with E-state index in [1.165, 1.54) is 24.8 Å². The van der Waals surface area contributed by atoms with Gasteiger partial charge in [-0.05, 0) is 64.1 Å². The predicted molar refractivity (Wildman–Crippen MR) is 156 cm³/mol. The number of hydrogen-bond acceptors (Lipinski definition) is 6. The van der Waals surface area contributed by atoms with Crippen molar-refractivity contribution in [2.45, 2.75) is 81.3 Å². The summed E-state index contributed by atoms with van der Waals surface area (Å²) in [6.07, 6.45) is -0.428. The summed E-state index contributed by atoms with van der Waals surface area (Å²) in [5, 5.41) is 9.66. The summed E-state index contributed by atoms with van der Waals surface area (Å²) in [6.45, 7) is 14.9. The standard InChI is InChI=1S/C31H37FO5SSi/c1-18(2)39(19(3)4,20(5)6)37-25-14-8-22(9-15-25)29-30(23-10-12-24(13-11-23)35-21(7)33)38-31-27(36-29)17-16-26(34)28(31)32/h8-20,29-30,34H,1-7H3. The highest BCUT2D eigenvalue weighted by molar-refractivity contribution is 7.99. The van der Waals surface area contributed by atoms with Crippen molar-refractivity contribution < 1.29 is 28.2 Å². The van der Waals surface area contributed by atoms with Gasteiger partial charge in [0.1, 0.15) is 23.4 Å². The molecule has 1 aliphatic heterocycles. The van der Waals surface area contributed by atoms with Crippen molar-refractivity contribution in [3.8, 4) is 23.0 Å². The van der Waals surface area contributed by atoms with Crippen LogP contribution in [0, 0.1) is 5.82 Å². The van der Waals surface area contributed by atoms with E-state index in [1.807, 2.05) is 36.4 Å². The van der Waals surface area contributed by atoms with Crippen LogP contribution in [0.1, 0.15) is 70.9 Å². The van der Waals surface area contributed by atoms with E-state index in [0.29, 0.717) is 28.1 Å². The Hall–Kier alpha value is -2.97. The van der Waals surface area contributed by atoms with Crippen molar-refractivity contribution >= 4 is 26.0 Å². The molecule has 0 spiro atoms. The van der Waals surface area contributed by atoms with E-state index in [4.69, 9.17) is 13.9 Å². The van der Waals surface area contributed by atoms with Crippen molar-refractivity contribution in [3.63, 3.8) is 0 Å². The van der Waals surface area contributed by atoms with Crippen molar-refractivity contribution in [2.24, 2.45) is 0 Å². The van der Waals surface area contributed by atoms with Gasteiger partial charge in [-0.15, -0.1) is 11.8 Å². The second kappa shape index (κ2) is 11.6. The van der Waals surface area contributed by atoms with Gasteiger partial charge in [-0.2, -0.15) is 0 Å². The molecule has 5 nitrogen and oxygen atoms in total. The predicted octanol–water partition coefficient (Wildman–Crippen LogP) is 8.98. The number of esters is 1. The molecule has 2 atom stereocenters. The summed E-state index contributed by atoms with van der Waals surface area (Å²) >= 11 is 1.31. The minimum Gasteiger partial charge on any atom is -0.543 e. The van der Waals surface area contributed by atoms with E-state index in [2.05, 4.69) is 41.5 Å². The topological polar surface area (TPSA) is 65.0 Å². The van der Waals surface area contributed by atoms with Gasteiger partial charge in [0.05, 0.1) is 10.1 Å². The highest BCUT2D eigenvalue weighted by Gasteiger charge is 2.47. The van der Waals surface area contributed by atoms with Gasteiger partial charge in [0.25, 0.3) is 8.32 Å². The number of thioether (sulfide) groups is 1. The normalized spacial score (nSPS) is 17.2. The molecule has 1 aliphatic rings. The zero-order chi connectivity index (χ0) is 28.5. The number of aromatic hydroxyl groups is 1. The highest BCUT2D eigenvalue weighted by Crippen LogP contribution is 2.55. The molecule has 0 amide bonds. The molecule has 3 aromatic carbocycles. The molecule has 2 unspecified atom stereocenters. The lowest BCUT2D eigenvalue weighted by Gasteiger charge is -2.42. The quantitative estimate of drug-likeness (QED) is 0.166. The van der Waals surface area contributed by atoms with Crippen LogP contribution in [0.15, 0.2) is 65.6 Å². The van der Waals surface area contributed by atoms with Crippen molar-refractivity contribution in [2.75, 3.05) is 0 Å². The maximum atomic E-state index is 14.9. The van der Waals surface area contributed by atoms with Crippen LogP contribution in [-0.4, -0.2) is 19.4 Å². The lowest BCUT2D eigenvalue weighted by molar-refractivity contribution is -0.131. The molecule has 0 bridgehead atoms. The van der Waals surface area contributed by atoms with Gasteiger partial charge < -0.3 is 19.0 Å². The van der Waals surface area contributed by atoms with Crippen LogP contribution < -0.4 is 13.9 Å². The molecule has 0 aliphatic carbocycles. The average Bonchev–Trinajstić information content (AvgIpc) is 2.89. The average molecular weight is 569 g/mol. The first-order chi connectivity index (χ1) is 18.4. The van der Waals surface area contributed by atoms with Crippen LogP contribution in [0.25, 0.3) is 0 Å². The van der Waals surface area contributed by atoms with Gasteiger partial charge in [0, 0.05) is 6.92 Å². The Morgan fingerprint density at radius 1 is 0.872 bits per heavy atom. The number of carbonyl (C=O) groups is 1. The van der Waals surface area contributed by atoms with Gasteiger partial charge in [-0.1, -0.05) is 65.8 Å². The van der Waals surface area contributed by atoms with Crippen LogP contribution in [0.4, 0.5) is 4.39 Å². The summed E-state index contributed by atoms with van der Waals surface area (Å²) in [5.41, 5.74) is 3.17. The fraction of sp³-hybridized carbons (Fsp3) is 0.387.